The van der Waals surface area contributed by atoms with Crippen molar-refractivity contribution in [3.63, 3.8) is 0 Å². The Morgan fingerprint density at radius 3 is 2.75 bits per heavy atom. The Morgan fingerprint density at radius 2 is 2.08 bits per heavy atom. The number of aromatic nitrogens is 3. The van der Waals surface area contributed by atoms with Gasteiger partial charge in [-0.1, -0.05) is 31.2 Å². The van der Waals surface area contributed by atoms with Crippen LogP contribution in [0.25, 0.3) is 11.4 Å². The first-order valence-electron chi connectivity index (χ1n) is 8.09. The van der Waals surface area contributed by atoms with Crippen molar-refractivity contribution in [2.45, 2.75) is 26.9 Å². The number of carbonyl (C=O) groups is 1. The van der Waals surface area contributed by atoms with E-state index in [9.17, 15) is 4.79 Å². The molecule has 1 N–H and O–H groups in total. The van der Waals surface area contributed by atoms with Crippen LogP contribution in [-0.2, 0) is 18.5 Å². The number of hydrogen-bond acceptors (Lipinski definition) is 4. The van der Waals surface area contributed by atoms with Crippen LogP contribution in [0.4, 0.5) is 0 Å². The van der Waals surface area contributed by atoms with Crippen LogP contribution in [0.1, 0.15) is 18.9 Å². The molecule has 0 aliphatic heterocycles. The van der Waals surface area contributed by atoms with Gasteiger partial charge in [-0.25, -0.2) is 4.68 Å². The van der Waals surface area contributed by atoms with Crippen molar-refractivity contribution in [1.82, 2.24) is 24.6 Å². The van der Waals surface area contributed by atoms with E-state index in [-0.39, 0.29) is 5.91 Å². The fraction of sp³-hybridized carbons (Fsp3) is 0.471. The molecule has 1 aromatic carbocycles. The lowest BCUT2D eigenvalue weighted by molar-refractivity contribution is -0.122. The van der Waals surface area contributed by atoms with E-state index in [0.29, 0.717) is 24.5 Å². The van der Waals surface area contributed by atoms with Gasteiger partial charge in [0.2, 0.25) is 5.91 Å². The molecule has 1 amide bonds. The fourth-order valence-corrected chi connectivity index (χ4v) is 2.67. The normalized spacial score (nSPS) is 11.0. The number of likely N-dealkylation sites (N-methyl/N-ethyl adjacent to an activating group) is 1. The summed E-state index contributed by atoms with van der Waals surface area (Å²) in [7, 11) is 3.80. The number of benzene rings is 1. The Morgan fingerprint density at radius 1 is 1.38 bits per heavy atom. The zero-order valence-corrected chi connectivity index (χ0v) is 15.6. The van der Waals surface area contributed by atoms with Gasteiger partial charge in [0.05, 0.1) is 13.2 Å². The summed E-state index contributed by atoms with van der Waals surface area (Å²) in [5, 5.41) is 7.52. The molecule has 7 heteroatoms. The summed E-state index contributed by atoms with van der Waals surface area (Å²) in [5.74, 6) is 0.850. The largest absolute Gasteiger partial charge is 0.355 e. The van der Waals surface area contributed by atoms with E-state index in [1.165, 1.54) is 0 Å². The fourth-order valence-electron chi connectivity index (χ4n) is 2.48. The lowest BCUT2D eigenvalue weighted by atomic mass is 10.1. The number of carbonyl (C=O) groups excluding carboxylic acids is 1. The molecule has 0 saturated heterocycles. The lowest BCUT2D eigenvalue weighted by Crippen LogP contribution is -2.36. The number of rotatable bonds is 7. The van der Waals surface area contributed by atoms with E-state index in [0.717, 1.165) is 23.4 Å². The molecule has 0 aliphatic carbocycles. The predicted molar refractivity (Wildman–Crippen MR) is 98.1 cm³/mol. The second-order valence-electron chi connectivity index (χ2n) is 5.99. The summed E-state index contributed by atoms with van der Waals surface area (Å²) in [6, 6.07) is 8.10. The summed E-state index contributed by atoms with van der Waals surface area (Å²) >= 11 is 5.50. The van der Waals surface area contributed by atoms with Crippen LogP contribution in [-0.4, -0.2) is 45.3 Å². The Kier molecular flexibility index (Phi) is 6.28. The third-order valence-corrected chi connectivity index (χ3v) is 4.27. The van der Waals surface area contributed by atoms with Crippen molar-refractivity contribution in [3.05, 3.63) is 34.6 Å². The van der Waals surface area contributed by atoms with Crippen molar-refractivity contribution in [2.24, 2.45) is 7.05 Å². The number of nitrogens with zero attached hydrogens (tertiary/aromatic N) is 4. The summed E-state index contributed by atoms with van der Waals surface area (Å²) in [5.41, 5.74) is 2.22. The SMILES string of the molecule is CCCNC(=O)CN(C)Cn1nc(-c2ccccc2C)n(C)c1=S. The summed E-state index contributed by atoms with van der Waals surface area (Å²) < 4.78 is 4.29. The highest BCUT2D eigenvalue weighted by Crippen LogP contribution is 2.21. The highest BCUT2D eigenvalue weighted by Gasteiger charge is 2.13. The standard InChI is InChI=1S/C17H25N5OS/c1-5-10-18-15(23)11-20(3)12-22-17(24)21(4)16(19-22)14-9-7-6-8-13(14)2/h6-9H,5,10-12H2,1-4H3,(H,18,23). The average Bonchev–Trinajstić information content (AvgIpc) is 2.81. The van der Waals surface area contributed by atoms with Crippen molar-refractivity contribution < 1.29 is 4.79 Å². The Bertz CT molecular complexity index is 765. The Hall–Kier alpha value is -1.99. The minimum atomic E-state index is 0.0147. The molecule has 0 aliphatic rings. The number of hydrogen-bond donors (Lipinski definition) is 1. The monoisotopic (exact) mass is 347 g/mol. The topological polar surface area (TPSA) is 55.1 Å². The second-order valence-corrected chi connectivity index (χ2v) is 6.35. The van der Waals surface area contributed by atoms with E-state index in [4.69, 9.17) is 12.2 Å². The van der Waals surface area contributed by atoms with Crippen molar-refractivity contribution in [3.8, 4) is 11.4 Å². The van der Waals surface area contributed by atoms with E-state index < -0.39 is 0 Å². The van der Waals surface area contributed by atoms with Crippen LogP contribution in [0.5, 0.6) is 0 Å². The van der Waals surface area contributed by atoms with Gasteiger partial charge in [0, 0.05) is 19.2 Å². The molecule has 24 heavy (non-hydrogen) atoms. The van der Waals surface area contributed by atoms with Gasteiger partial charge in [0.25, 0.3) is 0 Å². The van der Waals surface area contributed by atoms with Gasteiger partial charge in [-0.05, 0) is 38.2 Å². The maximum absolute atomic E-state index is 11.8. The molecular weight excluding hydrogens is 322 g/mol. The van der Waals surface area contributed by atoms with Gasteiger partial charge < -0.3 is 9.88 Å². The quantitative estimate of drug-likeness (QED) is 0.781. The first-order chi connectivity index (χ1) is 11.4. The van der Waals surface area contributed by atoms with Gasteiger partial charge >= 0.3 is 0 Å². The first kappa shape index (κ1) is 18.4. The number of amides is 1. The van der Waals surface area contributed by atoms with Gasteiger partial charge in [-0.2, -0.15) is 5.10 Å². The molecule has 0 saturated carbocycles. The average molecular weight is 347 g/mol. The number of aryl methyl sites for hydroxylation is 1. The van der Waals surface area contributed by atoms with Crippen LogP contribution >= 0.6 is 12.2 Å². The highest BCUT2D eigenvalue weighted by atomic mass is 32.1. The second kappa shape index (κ2) is 8.21. The molecule has 0 fully saturated rings. The molecule has 0 bridgehead atoms. The smallest absolute Gasteiger partial charge is 0.234 e. The molecular formula is C17H25N5OS. The Balaban J connectivity index is 2.15. The molecule has 0 spiro atoms. The van der Waals surface area contributed by atoms with Gasteiger partial charge in [0.15, 0.2) is 10.6 Å². The van der Waals surface area contributed by atoms with Gasteiger partial charge in [0.1, 0.15) is 0 Å². The molecule has 6 nitrogen and oxygen atoms in total. The van der Waals surface area contributed by atoms with Gasteiger partial charge in [-0.3, -0.25) is 9.69 Å². The zero-order valence-electron chi connectivity index (χ0n) is 14.7. The van der Waals surface area contributed by atoms with E-state index in [1.807, 2.05) is 48.7 Å². The molecule has 2 rings (SSSR count). The molecule has 2 aromatic rings. The molecule has 0 unspecified atom stereocenters. The predicted octanol–water partition coefficient (Wildman–Crippen LogP) is 2.34. The summed E-state index contributed by atoms with van der Waals surface area (Å²) in [4.78, 5) is 13.7. The molecule has 0 radical (unpaired) electrons. The van der Waals surface area contributed by atoms with E-state index in [2.05, 4.69) is 23.4 Å². The minimum absolute atomic E-state index is 0.0147. The minimum Gasteiger partial charge on any atom is -0.355 e. The molecule has 1 aromatic heterocycles. The highest BCUT2D eigenvalue weighted by molar-refractivity contribution is 7.71. The maximum Gasteiger partial charge on any atom is 0.234 e. The van der Waals surface area contributed by atoms with Crippen LogP contribution in [0.3, 0.4) is 0 Å². The zero-order chi connectivity index (χ0) is 17.7. The van der Waals surface area contributed by atoms with Crippen LogP contribution < -0.4 is 5.32 Å². The van der Waals surface area contributed by atoms with Crippen LogP contribution in [0, 0.1) is 11.7 Å². The van der Waals surface area contributed by atoms with Crippen molar-refractivity contribution >= 4 is 18.1 Å². The Labute approximate surface area is 148 Å². The third-order valence-electron chi connectivity index (χ3n) is 3.79. The van der Waals surface area contributed by atoms with Crippen LogP contribution in [0.15, 0.2) is 24.3 Å². The van der Waals surface area contributed by atoms with Crippen molar-refractivity contribution in [1.29, 1.82) is 0 Å². The van der Waals surface area contributed by atoms with Crippen molar-refractivity contribution in [2.75, 3.05) is 20.1 Å². The summed E-state index contributed by atoms with van der Waals surface area (Å²) in [6.45, 7) is 5.58. The summed E-state index contributed by atoms with van der Waals surface area (Å²) in [6.07, 6.45) is 0.931. The number of nitrogens with one attached hydrogen (secondary N) is 1. The molecule has 1 heterocycles. The van der Waals surface area contributed by atoms with E-state index >= 15 is 0 Å². The maximum atomic E-state index is 11.8. The lowest BCUT2D eigenvalue weighted by Gasteiger charge is -2.15. The van der Waals surface area contributed by atoms with Gasteiger partial charge in [-0.15, -0.1) is 0 Å². The third kappa shape index (κ3) is 4.30. The first-order valence-corrected chi connectivity index (χ1v) is 8.50. The van der Waals surface area contributed by atoms with Crippen LogP contribution in [0.2, 0.25) is 0 Å². The molecule has 130 valence electrons. The molecule has 0 atom stereocenters. The van der Waals surface area contributed by atoms with E-state index in [1.54, 1.807) is 4.68 Å².